The van der Waals surface area contributed by atoms with Crippen molar-refractivity contribution in [2.24, 2.45) is 0 Å². The molecule has 0 aliphatic rings. The Bertz CT molecular complexity index is 500. The van der Waals surface area contributed by atoms with E-state index < -0.39 is 36.7 Å². The largest absolute Gasteiger partial charge is 0.481 e. The van der Waals surface area contributed by atoms with Gasteiger partial charge in [-0.2, -0.15) is 0 Å². The molecule has 0 amide bonds. The number of unbranched alkanes of at least 4 members (excludes halogenated alkanes) is 9. The summed E-state index contributed by atoms with van der Waals surface area (Å²) < 4.78 is -0.173. The molecule has 0 saturated carbocycles. The van der Waals surface area contributed by atoms with Crippen LogP contribution in [0, 0.1) is 0 Å². The average molecular weight is 448 g/mol. The molecular weight excluding hydrogens is 400 g/mol. The summed E-state index contributed by atoms with van der Waals surface area (Å²) >= 11 is 0. The van der Waals surface area contributed by atoms with Crippen LogP contribution in [0.5, 0.6) is 0 Å². The Morgan fingerprint density at radius 1 is 0.871 bits per heavy atom. The number of aliphatic carboxylic acids is 2. The van der Waals surface area contributed by atoms with Crippen molar-refractivity contribution in [3.05, 3.63) is 0 Å². The zero-order valence-electron chi connectivity index (χ0n) is 19.9. The molecule has 2 atom stereocenters. The first-order valence-corrected chi connectivity index (χ1v) is 11.9. The van der Waals surface area contributed by atoms with Crippen molar-refractivity contribution in [1.82, 2.24) is 5.32 Å². The van der Waals surface area contributed by atoms with Crippen molar-refractivity contribution < 1.29 is 34.5 Å². The Kier molecular flexibility index (Phi) is 15.8. The van der Waals surface area contributed by atoms with Gasteiger partial charge >= 0.3 is 11.9 Å². The molecule has 0 aromatic rings. The molecule has 0 rings (SSSR count). The number of aliphatic hydroxyl groups excluding tert-OH is 2. The monoisotopic (exact) mass is 447 g/mol. The molecule has 31 heavy (non-hydrogen) atoms. The van der Waals surface area contributed by atoms with Crippen LogP contribution in [-0.2, 0) is 9.59 Å². The van der Waals surface area contributed by atoms with E-state index in [1.807, 2.05) is 0 Å². The maximum Gasteiger partial charge on any atom is 0.366 e. The number of carbonyl (C=O) groups is 2. The number of carboxylic acids is 2. The number of rotatable bonds is 21. The van der Waals surface area contributed by atoms with Gasteiger partial charge in [-0.25, -0.2) is 4.79 Å². The van der Waals surface area contributed by atoms with Crippen molar-refractivity contribution in [3.8, 4) is 0 Å². The highest BCUT2D eigenvalue weighted by Gasteiger charge is 2.56. The van der Waals surface area contributed by atoms with Gasteiger partial charge in [0.05, 0.1) is 20.7 Å². The van der Waals surface area contributed by atoms with E-state index in [2.05, 4.69) is 12.2 Å². The van der Waals surface area contributed by atoms with Gasteiger partial charge in [0.2, 0.25) is 5.54 Å². The fraction of sp³-hybridized carbons (Fsp3) is 0.913. The molecule has 0 aromatic heterocycles. The molecule has 0 aromatic carbocycles. The lowest BCUT2D eigenvalue weighted by molar-refractivity contribution is -0.958. The number of aliphatic hydroxyl groups is 2. The molecule has 0 bridgehead atoms. The van der Waals surface area contributed by atoms with Gasteiger partial charge in [-0.1, -0.05) is 64.7 Å². The number of carboxylic acid groups (broad SMARTS) is 2. The molecule has 5 N–H and O–H groups in total. The highest BCUT2D eigenvalue weighted by molar-refractivity contribution is 5.83. The summed E-state index contributed by atoms with van der Waals surface area (Å²) in [4.78, 5) is 23.6. The fourth-order valence-corrected chi connectivity index (χ4v) is 4.40. The maximum atomic E-state index is 12.2. The minimum atomic E-state index is -1.69. The fourth-order valence-electron chi connectivity index (χ4n) is 4.40. The first-order valence-electron chi connectivity index (χ1n) is 11.9. The van der Waals surface area contributed by atoms with Crippen LogP contribution in [0.3, 0.4) is 0 Å². The van der Waals surface area contributed by atoms with Crippen LogP contribution in [0.1, 0.15) is 90.4 Å². The van der Waals surface area contributed by atoms with Gasteiger partial charge in [0.1, 0.15) is 12.6 Å². The van der Waals surface area contributed by atoms with E-state index in [1.165, 1.54) is 51.4 Å². The second-order valence-corrected chi connectivity index (χ2v) is 9.08. The molecule has 2 unspecified atom stereocenters. The summed E-state index contributed by atoms with van der Waals surface area (Å²) in [5.41, 5.74) is -1.69. The van der Waals surface area contributed by atoms with Gasteiger partial charge in [0.25, 0.3) is 0 Å². The first kappa shape index (κ1) is 29.8. The molecule has 0 radical (unpaired) electrons. The second-order valence-electron chi connectivity index (χ2n) is 9.08. The number of hydrogen-bond donors (Lipinski definition) is 5. The quantitative estimate of drug-likeness (QED) is 0.104. The molecular formula is C23H47N2O6+. The normalized spacial score (nSPS) is 14.9. The molecule has 0 heterocycles. The Labute approximate surface area is 188 Å². The SMILES string of the molecule is CCCCCCCCCCCCNC(CCO)[N+](C)(C)C(CCO)(CC(=O)O)C(=O)O. The van der Waals surface area contributed by atoms with Gasteiger partial charge in [0, 0.05) is 26.0 Å². The van der Waals surface area contributed by atoms with Crippen LogP contribution >= 0.6 is 0 Å². The number of nitrogens with one attached hydrogen (secondary N) is 1. The Morgan fingerprint density at radius 3 is 1.81 bits per heavy atom. The van der Waals surface area contributed by atoms with E-state index in [0.717, 1.165) is 12.8 Å². The first-order chi connectivity index (χ1) is 14.7. The summed E-state index contributed by atoms with van der Waals surface area (Å²) in [6.45, 7) is 2.33. The summed E-state index contributed by atoms with van der Waals surface area (Å²) in [6, 6.07) is 0. The van der Waals surface area contributed by atoms with Crippen LogP contribution in [0.15, 0.2) is 0 Å². The van der Waals surface area contributed by atoms with Gasteiger partial charge in [-0.05, 0) is 6.42 Å². The highest BCUT2D eigenvalue weighted by Crippen LogP contribution is 2.32. The lowest BCUT2D eigenvalue weighted by Crippen LogP contribution is -2.72. The second kappa shape index (κ2) is 16.4. The maximum absolute atomic E-state index is 12.2. The van der Waals surface area contributed by atoms with E-state index in [0.29, 0.717) is 13.0 Å². The summed E-state index contributed by atoms with van der Waals surface area (Å²) in [5.74, 6) is -2.47. The Balaban J connectivity index is 4.74. The molecule has 184 valence electrons. The number of nitrogens with zero attached hydrogens (tertiary/aromatic N) is 1. The predicted molar refractivity (Wildman–Crippen MR) is 122 cm³/mol. The smallest absolute Gasteiger partial charge is 0.366 e. The minimum Gasteiger partial charge on any atom is -0.481 e. The number of quaternary nitrogens is 1. The van der Waals surface area contributed by atoms with Crippen molar-refractivity contribution in [3.63, 3.8) is 0 Å². The summed E-state index contributed by atoms with van der Waals surface area (Å²) in [5, 5.41) is 41.7. The van der Waals surface area contributed by atoms with Crippen LogP contribution in [-0.4, -0.2) is 82.4 Å². The summed E-state index contributed by atoms with van der Waals surface area (Å²) in [7, 11) is 3.33. The standard InChI is InChI=1S/C23H46N2O6/c1-4-5-6-7-8-9-10-11-12-13-16-24-20(14-17-26)25(2,3)23(15-18-27,22(30)31)19-21(28)29/h20,24,26-27H,4-19H2,1-3H3,(H-,28,29,30,31)/p+1. The van der Waals surface area contributed by atoms with Gasteiger partial charge in [0.15, 0.2) is 0 Å². The zero-order chi connectivity index (χ0) is 23.8. The minimum absolute atomic E-state index is 0.140. The third-order valence-corrected chi connectivity index (χ3v) is 6.56. The molecule has 0 aliphatic heterocycles. The average Bonchev–Trinajstić information content (AvgIpc) is 2.70. The van der Waals surface area contributed by atoms with E-state index in [4.69, 9.17) is 0 Å². The van der Waals surface area contributed by atoms with E-state index >= 15 is 0 Å². The Morgan fingerprint density at radius 2 is 1.39 bits per heavy atom. The van der Waals surface area contributed by atoms with E-state index in [1.54, 1.807) is 14.1 Å². The predicted octanol–water partition coefficient (Wildman–Crippen LogP) is 2.96. The van der Waals surface area contributed by atoms with Crippen molar-refractivity contribution >= 4 is 11.9 Å². The molecule has 0 saturated heterocycles. The van der Waals surface area contributed by atoms with Crippen LogP contribution in [0.25, 0.3) is 0 Å². The molecule has 8 nitrogen and oxygen atoms in total. The lowest BCUT2D eigenvalue weighted by Gasteiger charge is -2.49. The third kappa shape index (κ3) is 10.3. The van der Waals surface area contributed by atoms with Gasteiger partial charge in [-0.15, -0.1) is 0 Å². The lowest BCUT2D eigenvalue weighted by atomic mass is 9.86. The van der Waals surface area contributed by atoms with Gasteiger partial charge < -0.3 is 20.4 Å². The van der Waals surface area contributed by atoms with Crippen molar-refractivity contribution in [1.29, 1.82) is 0 Å². The Hall–Kier alpha value is -1.22. The molecule has 0 fully saturated rings. The molecule has 8 heteroatoms. The van der Waals surface area contributed by atoms with Crippen molar-refractivity contribution in [2.45, 2.75) is 102 Å². The summed E-state index contributed by atoms with van der Waals surface area (Å²) in [6.07, 6.45) is 11.3. The zero-order valence-corrected chi connectivity index (χ0v) is 19.9. The number of hydrogen-bond acceptors (Lipinski definition) is 5. The van der Waals surface area contributed by atoms with Crippen LogP contribution in [0.4, 0.5) is 0 Å². The van der Waals surface area contributed by atoms with E-state index in [-0.39, 0.29) is 17.5 Å². The molecule has 0 aliphatic carbocycles. The molecule has 0 spiro atoms. The van der Waals surface area contributed by atoms with E-state index in [9.17, 15) is 30.0 Å². The van der Waals surface area contributed by atoms with Gasteiger partial charge in [-0.3, -0.25) is 14.6 Å². The number of likely N-dealkylation sites (N-methyl/N-ethyl adjacent to an activating group) is 1. The highest BCUT2D eigenvalue weighted by atomic mass is 16.4. The topological polar surface area (TPSA) is 127 Å². The van der Waals surface area contributed by atoms with Crippen LogP contribution < -0.4 is 5.32 Å². The third-order valence-electron chi connectivity index (χ3n) is 6.56. The van der Waals surface area contributed by atoms with Crippen molar-refractivity contribution in [2.75, 3.05) is 33.9 Å². The van der Waals surface area contributed by atoms with Crippen LogP contribution in [0.2, 0.25) is 0 Å².